The van der Waals surface area contributed by atoms with Gasteiger partial charge in [-0.15, -0.1) is 12.8 Å². The van der Waals surface area contributed by atoms with Crippen LogP contribution in [0.2, 0.25) is 0 Å². The number of benzene rings is 2. The van der Waals surface area contributed by atoms with Crippen molar-refractivity contribution in [1.29, 1.82) is 0 Å². The minimum Gasteiger partial charge on any atom is -0.115 e. The van der Waals surface area contributed by atoms with Crippen molar-refractivity contribution in [3.8, 4) is 35.8 Å². The van der Waals surface area contributed by atoms with Crippen LogP contribution in [0.25, 0.3) is 11.1 Å². The maximum absolute atomic E-state index is 5.84. The normalized spacial score (nSPS) is 13.2. The molecule has 0 spiro atoms. The Labute approximate surface area is 203 Å². The van der Waals surface area contributed by atoms with E-state index in [0.717, 1.165) is 11.1 Å². The maximum Gasteiger partial charge on any atom is 0.0246 e. The fraction of sp³-hybridized carbons (Fsp3) is 0.515. The highest BCUT2D eigenvalue weighted by atomic mass is 14.4. The van der Waals surface area contributed by atoms with Gasteiger partial charge in [0.25, 0.3) is 0 Å². The molecule has 0 aliphatic heterocycles. The summed E-state index contributed by atoms with van der Waals surface area (Å²) < 4.78 is 0. The second-order valence-corrected chi connectivity index (χ2v) is 9.93. The Morgan fingerprint density at radius 3 is 1.36 bits per heavy atom. The Morgan fingerprint density at radius 2 is 0.970 bits per heavy atom. The van der Waals surface area contributed by atoms with Gasteiger partial charge in [-0.3, -0.25) is 0 Å². The molecule has 0 amide bonds. The Bertz CT molecular complexity index is 897. The lowest BCUT2D eigenvalue weighted by molar-refractivity contribution is 0.397. The van der Waals surface area contributed by atoms with E-state index in [1.165, 1.54) is 112 Å². The molecule has 2 aromatic rings. The summed E-state index contributed by atoms with van der Waals surface area (Å²) >= 11 is 0. The molecule has 0 saturated heterocycles. The lowest BCUT2D eigenvalue weighted by Gasteiger charge is -2.33. The molecule has 2 aromatic carbocycles. The van der Waals surface area contributed by atoms with Gasteiger partial charge in [-0.1, -0.05) is 115 Å². The highest BCUT2D eigenvalue weighted by molar-refractivity contribution is 5.82. The average molecular weight is 439 g/mol. The highest BCUT2D eigenvalue weighted by Gasteiger charge is 2.42. The van der Waals surface area contributed by atoms with Crippen LogP contribution in [0, 0.1) is 24.7 Å². The topological polar surface area (TPSA) is 0 Å². The first-order chi connectivity index (χ1) is 16.2. The Hall–Kier alpha value is -2.44. The van der Waals surface area contributed by atoms with E-state index in [2.05, 4.69) is 62.1 Å². The van der Waals surface area contributed by atoms with E-state index in [1.54, 1.807) is 0 Å². The number of terminal acetylenes is 2. The van der Waals surface area contributed by atoms with Crippen molar-refractivity contribution >= 4 is 0 Å². The molecule has 0 saturated carbocycles. The molecule has 3 rings (SSSR count). The summed E-state index contributed by atoms with van der Waals surface area (Å²) in [7, 11) is 0. The predicted octanol–water partition coefficient (Wildman–Crippen LogP) is 9.42. The molecule has 1 aliphatic rings. The molecule has 1 aliphatic carbocycles. The van der Waals surface area contributed by atoms with E-state index in [4.69, 9.17) is 12.8 Å². The van der Waals surface area contributed by atoms with E-state index >= 15 is 0 Å². The summed E-state index contributed by atoms with van der Waals surface area (Å²) in [6, 6.07) is 13.3. The van der Waals surface area contributed by atoms with Gasteiger partial charge in [0.15, 0.2) is 0 Å². The Balaban J connectivity index is 1.93. The van der Waals surface area contributed by atoms with E-state index in [-0.39, 0.29) is 5.41 Å². The largest absolute Gasteiger partial charge is 0.115 e. The monoisotopic (exact) mass is 438 g/mol. The second-order valence-electron chi connectivity index (χ2n) is 9.93. The fourth-order valence-electron chi connectivity index (χ4n) is 5.75. The standard InChI is InChI=1S/C33H42/c1-5-9-11-13-15-17-23-33(24-18-16-14-12-10-6-2)31-25-27(7-3)19-21-29(31)30-22-20-28(8-4)26-32(30)33/h3-4,19-22,25-26H,5-6,9-18,23-24H2,1-2H3. The zero-order valence-corrected chi connectivity index (χ0v) is 21.0. The van der Waals surface area contributed by atoms with Gasteiger partial charge in [-0.25, -0.2) is 0 Å². The third-order valence-electron chi connectivity index (χ3n) is 7.61. The number of unbranched alkanes of at least 4 members (excludes halogenated alkanes) is 10. The third-order valence-corrected chi connectivity index (χ3v) is 7.61. The number of fused-ring (bicyclic) bond motifs is 3. The van der Waals surface area contributed by atoms with Crippen molar-refractivity contribution in [2.45, 2.75) is 109 Å². The molecule has 0 fully saturated rings. The van der Waals surface area contributed by atoms with Gasteiger partial charge in [-0.05, 0) is 59.4 Å². The third kappa shape index (κ3) is 5.92. The first-order valence-corrected chi connectivity index (χ1v) is 13.4. The smallest absolute Gasteiger partial charge is 0.0246 e. The van der Waals surface area contributed by atoms with Crippen LogP contribution < -0.4 is 0 Å². The van der Waals surface area contributed by atoms with Crippen molar-refractivity contribution in [2.75, 3.05) is 0 Å². The van der Waals surface area contributed by atoms with Crippen LogP contribution in [0.4, 0.5) is 0 Å². The predicted molar refractivity (Wildman–Crippen MR) is 145 cm³/mol. The van der Waals surface area contributed by atoms with Crippen LogP contribution >= 0.6 is 0 Å². The molecule has 0 N–H and O–H groups in total. The highest BCUT2D eigenvalue weighted by Crippen LogP contribution is 2.54. The van der Waals surface area contributed by atoms with E-state index < -0.39 is 0 Å². The summed E-state index contributed by atoms with van der Waals surface area (Å²) in [6.45, 7) is 4.57. The average Bonchev–Trinajstić information content (AvgIpc) is 3.12. The van der Waals surface area contributed by atoms with Gasteiger partial charge in [0.05, 0.1) is 0 Å². The summed E-state index contributed by atoms with van der Waals surface area (Å²) in [5.74, 6) is 5.78. The van der Waals surface area contributed by atoms with Crippen molar-refractivity contribution in [3.63, 3.8) is 0 Å². The minimum absolute atomic E-state index is 0.0416. The number of hydrogen-bond acceptors (Lipinski definition) is 0. The van der Waals surface area contributed by atoms with Crippen molar-refractivity contribution in [1.82, 2.24) is 0 Å². The fourth-order valence-corrected chi connectivity index (χ4v) is 5.75. The molecule has 0 heteroatoms. The molecular weight excluding hydrogens is 396 g/mol. The van der Waals surface area contributed by atoms with Gasteiger partial charge in [0.1, 0.15) is 0 Å². The molecule has 0 heterocycles. The zero-order chi connectivity index (χ0) is 23.5. The van der Waals surface area contributed by atoms with Crippen molar-refractivity contribution in [2.24, 2.45) is 0 Å². The van der Waals surface area contributed by atoms with E-state index in [1.807, 2.05) is 0 Å². The Kier molecular flexibility index (Phi) is 9.70. The van der Waals surface area contributed by atoms with Crippen LogP contribution in [0.5, 0.6) is 0 Å². The van der Waals surface area contributed by atoms with Gasteiger partial charge in [-0.2, -0.15) is 0 Å². The number of hydrogen-bond donors (Lipinski definition) is 0. The molecule has 0 bridgehead atoms. The first-order valence-electron chi connectivity index (χ1n) is 13.4. The summed E-state index contributed by atoms with van der Waals surface area (Å²) in [4.78, 5) is 0. The van der Waals surface area contributed by atoms with Crippen molar-refractivity contribution in [3.05, 3.63) is 58.7 Å². The van der Waals surface area contributed by atoms with Crippen LogP contribution in [0.3, 0.4) is 0 Å². The lowest BCUT2D eigenvalue weighted by Crippen LogP contribution is -2.26. The second kappa shape index (κ2) is 12.7. The molecule has 33 heavy (non-hydrogen) atoms. The molecule has 0 unspecified atom stereocenters. The molecule has 174 valence electrons. The molecule has 0 aromatic heterocycles. The van der Waals surface area contributed by atoms with Crippen molar-refractivity contribution < 1.29 is 0 Å². The van der Waals surface area contributed by atoms with Gasteiger partial charge in [0.2, 0.25) is 0 Å². The summed E-state index contributed by atoms with van der Waals surface area (Å²) in [5, 5.41) is 0. The van der Waals surface area contributed by atoms with Gasteiger partial charge < -0.3 is 0 Å². The van der Waals surface area contributed by atoms with Gasteiger partial charge in [0, 0.05) is 16.5 Å². The summed E-state index contributed by atoms with van der Waals surface area (Å²) in [5.41, 5.74) is 7.66. The Morgan fingerprint density at radius 1 is 0.576 bits per heavy atom. The van der Waals surface area contributed by atoms with Crippen LogP contribution in [0.15, 0.2) is 36.4 Å². The van der Waals surface area contributed by atoms with E-state index in [0.29, 0.717) is 0 Å². The SMILES string of the molecule is C#Cc1ccc2c(c1)C(CCCCCCCC)(CCCCCCCC)c1cc(C#C)ccc1-2. The zero-order valence-electron chi connectivity index (χ0n) is 21.0. The molecule has 0 radical (unpaired) electrons. The van der Waals surface area contributed by atoms with Crippen LogP contribution in [0.1, 0.15) is 126 Å². The van der Waals surface area contributed by atoms with Gasteiger partial charge >= 0.3 is 0 Å². The quantitative estimate of drug-likeness (QED) is 0.203. The minimum atomic E-state index is 0.0416. The van der Waals surface area contributed by atoms with E-state index in [9.17, 15) is 0 Å². The van der Waals surface area contributed by atoms with Crippen LogP contribution in [-0.4, -0.2) is 0 Å². The number of rotatable bonds is 14. The maximum atomic E-state index is 5.84. The molecule has 0 nitrogen and oxygen atoms in total. The molecular formula is C33H42. The summed E-state index contributed by atoms with van der Waals surface area (Å²) in [6.07, 6.45) is 29.9. The first kappa shape index (κ1) is 25.2. The van der Waals surface area contributed by atoms with Crippen LogP contribution in [-0.2, 0) is 5.41 Å². The lowest BCUT2D eigenvalue weighted by atomic mass is 9.70. The molecule has 0 atom stereocenters.